The van der Waals surface area contributed by atoms with Crippen molar-refractivity contribution in [3.63, 3.8) is 0 Å². The average Bonchev–Trinajstić information content (AvgIpc) is 3.09. The second-order valence-electron chi connectivity index (χ2n) is 6.32. The monoisotopic (exact) mass is 438 g/mol. The Kier molecular flexibility index (Phi) is 7.28. The standard InChI is InChI=1S/C20H21Cl2FN4O2/c1-3-28-13(2)7-5-4-6-10-29-17-11-14(23)8-9-16(17)27-19-15(12-24-27)18(21)25-20(22)26-19/h8-9,11-12H,2-7,10H2,1H3. The van der Waals surface area contributed by atoms with Crippen molar-refractivity contribution < 1.29 is 13.9 Å². The molecular weight excluding hydrogens is 418 g/mol. The summed E-state index contributed by atoms with van der Waals surface area (Å²) in [7, 11) is 0. The summed E-state index contributed by atoms with van der Waals surface area (Å²) in [6, 6.07) is 4.23. The van der Waals surface area contributed by atoms with Crippen LogP contribution in [0.3, 0.4) is 0 Å². The van der Waals surface area contributed by atoms with E-state index in [1.54, 1.807) is 6.07 Å². The number of hydrogen-bond donors (Lipinski definition) is 0. The molecule has 0 atom stereocenters. The first-order valence-electron chi connectivity index (χ1n) is 9.29. The van der Waals surface area contributed by atoms with Crippen LogP contribution in [0.15, 0.2) is 36.7 Å². The van der Waals surface area contributed by atoms with Crippen LogP contribution in [0.5, 0.6) is 5.75 Å². The van der Waals surface area contributed by atoms with Gasteiger partial charge < -0.3 is 9.47 Å². The Morgan fingerprint density at radius 3 is 2.83 bits per heavy atom. The molecule has 3 rings (SSSR count). The molecular formula is C20H21Cl2FN4O2. The zero-order valence-electron chi connectivity index (χ0n) is 16.0. The molecule has 0 aliphatic rings. The summed E-state index contributed by atoms with van der Waals surface area (Å²) in [5, 5.41) is 5.04. The van der Waals surface area contributed by atoms with E-state index in [9.17, 15) is 4.39 Å². The summed E-state index contributed by atoms with van der Waals surface area (Å²) in [6.45, 7) is 6.87. The molecule has 1 aromatic carbocycles. The molecule has 154 valence electrons. The number of nitrogens with zero attached hydrogens (tertiary/aromatic N) is 4. The molecule has 0 radical (unpaired) electrons. The van der Waals surface area contributed by atoms with Gasteiger partial charge in [0.2, 0.25) is 5.28 Å². The fourth-order valence-electron chi connectivity index (χ4n) is 2.86. The number of benzene rings is 1. The van der Waals surface area contributed by atoms with Gasteiger partial charge in [0.15, 0.2) is 5.65 Å². The lowest BCUT2D eigenvalue weighted by Crippen LogP contribution is -2.05. The fourth-order valence-corrected chi connectivity index (χ4v) is 3.28. The van der Waals surface area contributed by atoms with Gasteiger partial charge in [-0.3, -0.25) is 0 Å². The van der Waals surface area contributed by atoms with Crippen molar-refractivity contribution in [2.75, 3.05) is 13.2 Å². The second-order valence-corrected chi connectivity index (χ2v) is 7.02. The van der Waals surface area contributed by atoms with E-state index in [0.29, 0.717) is 35.7 Å². The van der Waals surface area contributed by atoms with Crippen LogP contribution in [0.1, 0.15) is 32.6 Å². The maximum atomic E-state index is 13.8. The lowest BCUT2D eigenvalue weighted by molar-refractivity contribution is 0.217. The fraction of sp³-hybridized carbons (Fsp3) is 0.350. The molecule has 2 heterocycles. The summed E-state index contributed by atoms with van der Waals surface area (Å²) in [6.07, 6.45) is 5.07. The topological polar surface area (TPSA) is 62.1 Å². The number of allylic oxidation sites excluding steroid dienone is 1. The number of rotatable bonds is 10. The normalized spacial score (nSPS) is 11.0. The number of aromatic nitrogens is 4. The van der Waals surface area contributed by atoms with Crippen LogP contribution in [-0.2, 0) is 4.74 Å². The maximum Gasteiger partial charge on any atom is 0.225 e. The molecule has 0 bridgehead atoms. The highest BCUT2D eigenvalue weighted by molar-refractivity contribution is 6.35. The predicted molar refractivity (Wildman–Crippen MR) is 111 cm³/mol. The van der Waals surface area contributed by atoms with Gasteiger partial charge in [0, 0.05) is 12.5 Å². The summed E-state index contributed by atoms with van der Waals surface area (Å²) < 4.78 is 26.5. The van der Waals surface area contributed by atoms with Gasteiger partial charge in [0.25, 0.3) is 0 Å². The van der Waals surface area contributed by atoms with Gasteiger partial charge in [-0.25, -0.2) is 14.1 Å². The van der Waals surface area contributed by atoms with Crippen molar-refractivity contribution in [2.45, 2.75) is 32.6 Å². The molecule has 0 spiro atoms. The van der Waals surface area contributed by atoms with Crippen LogP contribution in [0.2, 0.25) is 10.4 Å². The Morgan fingerprint density at radius 1 is 1.21 bits per heavy atom. The zero-order chi connectivity index (χ0) is 20.8. The Morgan fingerprint density at radius 2 is 2.03 bits per heavy atom. The van der Waals surface area contributed by atoms with Crippen molar-refractivity contribution in [1.82, 2.24) is 19.7 Å². The Hall–Kier alpha value is -2.38. The molecule has 9 heteroatoms. The lowest BCUT2D eigenvalue weighted by atomic mass is 10.2. The quantitative estimate of drug-likeness (QED) is 0.174. The SMILES string of the molecule is C=C(CCCCCOc1cc(F)ccc1-n1ncc2c(Cl)nc(Cl)nc21)OCC. The Balaban J connectivity index is 1.70. The average molecular weight is 439 g/mol. The van der Waals surface area contributed by atoms with Crippen LogP contribution in [0, 0.1) is 5.82 Å². The van der Waals surface area contributed by atoms with Crippen molar-refractivity contribution in [1.29, 1.82) is 0 Å². The summed E-state index contributed by atoms with van der Waals surface area (Å²) in [5.74, 6) is 0.754. The lowest BCUT2D eigenvalue weighted by Gasteiger charge is -2.12. The van der Waals surface area contributed by atoms with Gasteiger partial charge in [-0.15, -0.1) is 0 Å². The number of halogens is 3. The smallest absolute Gasteiger partial charge is 0.225 e. The highest BCUT2D eigenvalue weighted by Crippen LogP contribution is 2.29. The van der Waals surface area contributed by atoms with E-state index < -0.39 is 5.82 Å². The highest BCUT2D eigenvalue weighted by atomic mass is 35.5. The van der Waals surface area contributed by atoms with Gasteiger partial charge >= 0.3 is 0 Å². The summed E-state index contributed by atoms with van der Waals surface area (Å²) >= 11 is 12.0. The van der Waals surface area contributed by atoms with Gasteiger partial charge in [-0.05, 0) is 49.9 Å². The van der Waals surface area contributed by atoms with Crippen molar-refractivity contribution in [2.24, 2.45) is 0 Å². The molecule has 0 N–H and O–H groups in total. The van der Waals surface area contributed by atoms with E-state index >= 15 is 0 Å². The van der Waals surface area contributed by atoms with Gasteiger partial charge in [-0.1, -0.05) is 18.2 Å². The van der Waals surface area contributed by atoms with Crippen LogP contribution >= 0.6 is 23.2 Å². The van der Waals surface area contributed by atoms with Crippen molar-refractivity contribution >= 4 is 34.2 Å². The van der Waals surface area contributed by atoms with Crippen LogP contribution < -0.4 is 4.74 Å². The highest BCUT2D eigenvalue weighted by Gasteiger charge is 2.16. The number of ether oxygens (including phenoxy) is 2. The molecule has 0 saturated carbocycles. The molecule has 0 fully saturated rings. The zero-order valence-corrected chi connectivity index (χ0v) is 17.5. The molecule has 3 aromatic rings. The molecule has 0 aliphatic heterocycles. The first-order valence-corrected chi connectivity index (χ1v) is 10.0. The van der Waals surface area contributed by atoms with Crippen molar-refractivity contribution in [3.05, 3.63) is 53.0 Å². The van der Waals surface area contributed by atoms with E-state index in [1.807, 2.05) is 6.92 Å². The van der Waals surface area contributed by atoms with E-state index in [1.165, 1.54) is 23.0 Å². The van der Waals surface area contributed by atoms with Gasteiger partial charge in [-0.2, -0.15) is 10.1 Å². The molecule has 0 amide bonds. The van der Waals surface area contributed by atoms with Crippen LogP contribution in [-0.4, -0.2) is 33.0 Å². The van der Waals surface area contributed by atoms with E-state index in [4.69, 9.17) is 32.7 Å². The van der Waals surface area contributed by atoms with Crippen LogP contribution in [0.25, 0.3) is 16.7 Å². The third-order valence-electron chi connectivity index (χ3n) is 4.21. The third kappa shape index (κ3) is 5.36. The number of unbranched alkanes of at least 4 members (excludes halogenated alkanes) is 2. The molecule has 0 saturated heterocycles. The van der Waals surface area contributed by atoms with E-state index in [2.05, 4.69) is 21.6 Å². The number of fused-ring (bicyclic) bond motifs is 1. The second kappa shape index (κ2) is 9.89. The van der Waals surface area contributed by atoms with Crippen LogP contribution in [0.4, 0.5) is 4.39 Å². The third-order valence-corrected chi connectivity index (χ3v) is 4.67. The molecule has 0 aliphatic carbocycles. The molecule has 29 heavy (non-hydrogen) atoms. The molecule has 0 unspecified atom stereocenters. The van der Waals surface area contributed by atoms with Gasteiger partial charge in [0.05, 0.1) is 30.6 Å². The van der Waals surface area contributed by atoms with Gasteiger partial charge in [0.1, 0.15) is 22.4 Å². The first kappa shape index (κ1) is 21.3. The minimum atomic E-state index is -0.404. The predicted octanol–water partition coefficient (Wildman–Crippen LogP) is 5.75. The van der Waals surface area contributed by atoms with Crippen molar-refractivity contribution in [3.8, 4) is 11.4 Å². The summed E-state index contributed by atoms with van der Waals surface area (Å²) in [4.78, 5) is 8.10. The summed E-state index contributed by atoms with van der Waals surface area (Å²) in [5.41, 5.74) is 0.956. The largest absolute Gasteiger partial charge is 0.499 e. The number of hydrogen-bond acceptors (Lipinski definition) is 5. The first-order chi connectivity index (χ1) is 14.0. The Labute approximate surface area is 178 Å². The molecule has 2 aromatic heterocycles. The minimum Gasteiger partial charge on any atom is -0.499 e. The maximum absolute atomic E-state index is 13.8. The Bertz CT molecular complexity index is 1010. The van der Waals surface area contributed by atoms with E-state index in [-0.39, 0.29) is 10.4 Å². The van der Waals surface area contributed by atoms with E-state index in [0.717, 1.165) is 31.4 Å². The molecule has 6 nitrogen and oxygen atoms in total. The minimum absolute atomic E-state index is 0.00229.